The summed E-state index contributed by atoms with van der Waals surface area (Å²) in [7, 11) is 0. The Morgan fingerprint density at radius 2 is 1.81 bits per heavy atom. The standard InChI is InChI=1S/C19H32O2/c1-11(2)14-7-5-12(3)15-8-6-13(4)19(21)16(14)9-10-17(20)18(15)19/h11-16,18,21H,5-10H2,1-4H3/t12-,13-,14-,15+,16+,18+,19+/m1/s1. The van der Waals surface area contributed by atoms with Crippen LogP contribution in [-0.4, -0.2) is 16.5 Å². The molecular weight excluding hydrogens is 260 g/mol. The van der Waals surface area contributed by atoms with E-state index in [1.54, 1.807) is 0 Å². The van der Waals surface area contributed by atoms with Crippen LogP contribution in [0.1, 0.15) is 66.2 Å². The van der Waals surface area contributed by atoms with Crippen LogP contribution in [-0.2, 0) is 4.79 Å². The first-order valence-electron chi connectivity index (χ1n) is 9.12. The molecule has 4 bridgehead atoms. The molecule has 0 spiro atoms. The van der Waals surface area contributed by atoms with Crippen molar-refractivity contribution in [3.05, 3.63) is 0 Å². The highest BCUT2D eigenvalue weighted by Gasteiger charge is 2.61. The van der Waals surface area contributed by atoms with Crippen LogP contribution in [0.25, 0.3) is 0 Å². The van der Waals surface area contributed by atoms with Crippen LogP contribution < -0.4 is 0 Å². The van der Waals surface area contributed by atoms with Gasteiger partial charge in [-0.05, 0) is 61.2 Å². The molecule has 0 heterocycles. The van der Waals surface area contributed by atoms with Crippen LogP contribution in [0, 0.1) is 41.4 Å². The Hall–Kier alpha value is -0.370. The number of hydrogen-bond donors (Lipinski definition) is 1. The maximum atomic E-state index is 12.7. The van der Waals surface area contributed by atoms with E-state index < -0.39 is 5.60 Å². The Morgan fingerprint density at radius 1 is 1.10 bits per heavy atom. The minimum Gasteiger partial charge on any atom is -0.389 e. The van der Waals surface area contributed by atoms with Gasteiger partial charge >= 0.3 is 0 Å². The van der Waals surface area contributed by atoms with Crippen molar-refractivity contribution < 1.29 is 9.90 Å². The molecular formula is C19H32O2. The molecule has 21 heavy (non-hydrogen) atoms. The molecule has 0 aromatic carbocycles. The number of rotatable bonds is 1. The average Bonchev–Trinajstić information content (AvgIpc) is 2.42. The fourth-order valence-corrected chi connectivity index (χ4v) is 6.11. The summed E-state index contributed by atoms with van der Waals surface area (Å²) in [5, 5.41) is 11.7. The molecule has 3 fully saturated rings. The molecule has 2 heteroatoms. The van der Waals surface area contributed by atoms with Gasteiger partial charge in [0.05, 0.1) is 11.5 Å². The lowest BCUT2D eigenvalue weighted by atomic mass is 9.47. The molecule has 3 aliphatic rings. The van der Waals surface area contributed by atoms with Crippen molar-refractivity contribution >= 4 is 5.78 Å². The predicted octanol–water partition coefficient (Wildman–Crippen LogP) is 4.06. The fraction of sp³-hybridized carbons (Fsp3) is 0.947. The number of ketones is 1. The lowest BCUT2D eigenvalue weighted by molar-refractivity contribution is -0.201. The van der Waals surface area contributed by atoms with Crippen molar-refractivity contribution in [2.45, 2.75) is 71.8 Å². The molecule has 2 nitrogen and oxygen atoms in total. The van der Waals surface area contributed by atoms with Gasteiger partial charge in [-0.25, -0.2) is 0 Å². The number of hydrogen-bond acceptors (Lipinski definition) is 2. The molecule has 0 radical (unpaired) electrons. The normalized spacial score (nSPS) is 50.7. The maximum absolute atomic E-state index is 12.7. The molecule has 0 aliphatic heterocycles. The largest absolute Gasteiger partial charge is 0.389 e. The van der Waals surface area contributed by atoms with Gasteiger partial charge in [-0.2, -0.15) is 0 Å². The SMILES string of the molecule is CC(C)[C@H]1CC[C@@H](C)[C@@H]2CC[C@@H](C)[C@@]3(O)[C@@H]2C(=O)CC[C@@H]13. The zero-order chi connectivity index (χ0) is 15.4. The van der Waals surface area contributed by atoms with Gasteiger partial charge in [0.1, 0.15) is 5.78 Å². The van der Waals surface area contributed by atoms with Crippen LogP contribution in [0.15, 0.2) is 0 Å². The van der Waals surface area contributed by atoms with Crippen molar-refractivity contribution in [2.75, 3.05) is 0 Å². The zero-order valence-corrected chi connectivity index (χ0v) is 14.1. The Bertz CT molecular complexity index is 416. The second kappa shape index (κ2) is 5.37. The maximum Gasteiger partial charge on any atom is 0.139 e. The highest BCUT2D eigenvalue weighted by Crippen LogP contribution is 2.58. The topological polar surface area (TPSA) is 37.3 Å². The van der Waals surface area contributed by atoms with Crippen LogP contribution in [0.5, 0.6) is 0 Å². The Kier molecular flexibility index (Phi) is 3.97. The summed E-state index contributed by atoms with van der Waals surface area (Å²) in [6.45, 7) is 9.12. The van der Waals surface area contributed by atoms with E-state index in [1.807, 2.05) is 0 Å². The monoisotopic (exact) mass is 292 g/mol. The van der Waals surface area contributed by atoms with Gasteiger partial charge in [-0.15, -0.1) is 0 Å². The summed E-state index contributed by atoms with van der Waals surface area (Å²) in [6.07, 6.45) is 6.32. The minimum atomic E-state index is -0.720. The van der Waals surface area contributed by atoms with Gasteiger partial charge in [0.25, 0.3) is 0 Å². The van der Waals surface area contributed by atoms with Crippen LogP contribution in [0.2, 0.25) is 0 Å². The molecule has 0 amide bonds. The quantitative estimate of drug-likeness (QED) is 0.791. The molecule has 7 atom stereocenters. The van der Waals surface area contributed by atoms with Gasteiger partial charge in [-0.1, -0.05) is 34.1 Å². The van der Waals surface area contributed by atoms with E-state index in [-0.39, 0.29) is 11.8 Å². The number of carbonyl (C=O) groups is 1. The average molecular weight is 292 g/mol. The first kappa shape index (κ1) is 15.5. The second-order valence-corrected chi connectivity index (χ2v) is 8.58. The minimum absolute atomic E-state index is 0.0726. The molecule has 3 rings (SSSR count). The number of aliphatic hydroxyl groups is 1. The summed E-state index contributed by atoms with van der Waals surface area (Å²) in [4.78, 5) is 12.7. The Morgan fingerprint density at radius 3 is 2.48 bits per heavy atom. The van der Waals surface area contributed by atoms with Gasteiger partial charge in [-0.3, -0.25) is 4.79 Å². The fourth-order valence-electron chi connectivity index (χ4n) is 6.11. The van der Waals surface area contributed by atoms with E-state index in [2.05, 4.69) is 27.7 Å². The molecule has 1 N–H and O–H groups in total. The van der Waals surface area contributed by atoms with Crippen molar-refractivity contribution in [1.82, 2.24) is 0 Å². The van der Waals surface area contributed by atoms with E-state index in [0.29, 0.717) is 41.8 Å². The van der Waals surface area contributed by atoms with Gasteiger partial charge in [0.15, 0.2) is 0 Å². The molecule has 0 aromatic heterocycles. The number of Topliss-reactive ketones (excluding diaryl/α,β-unsaturated/α-hetero) is 1. The van der Waals surface area contributed by atoms with Crippen LogP contribution >= 0.6 is 0 Å². The summed E-state index contributed by atoms with van der Waals surface area (Å²) >= 11 is 0. The van der Waals surface area contributed by atoms with Crippen LogP contribution in [0.4, 0.5) is 0 Å². The van der Waals surface area contributed by atoms with E-state index in [4.69, 9.17) is 0 Å². The predicted molar refractivity (Wildman–Crippen MR) is 84.8 cm³/mol. The third kappa shape index (κ3) is 2.20. The summed E-state index contributed by atoms with van der Waals surface area (Å²) in [5.41, 5.74) is -0.720. The van der Waals surface area contributed by atoms with Crippen molar-refractivity contribution in [3.8, 4) is 0 Å². The van der Waals surface area contributed by atoms with E-state index in [9.17, 15) is 9.90 Å². The molecule has 3 saturated carbocycles. The molecule has 0 aromatic rings. The van der Waals surface area contributed by atoms with E-state index >= 15 is 0 Å². The van der Waals surface area contributed by atoms with E-state index in [0.717, 1.165) is 19.3 Å². The molecule has 0 saturated heterocycles. The smallest absolute Gasteiger partial charge is 0.139 e. The highest BCUT2D eigenvalue weighted by molar-refractivity contribution is 5.84. The van der Waals surface area contributed by atoms with Crippen LogP contribution in [0.3, 0.4) is 0 Å². The highest BCUT2D eigenvalue weighted by atomic mass is 16.3. The first-order chi connectivity index (χ1) is 9.87. The second-order valence-electron chi connectivity index (χ2n) is 8.58. The lowest BCUT2D eigenvalue weighted by Crippen LogP contribution is -2.64. The van der Waals surface area contributed by atoms with Crippen molar-refractivity contribution in [3.63, 3.8) is 0 Å². The molecule has 3 aliphatic carbocycles. The molecule has 0 unspecified atom stereocenters. The third-order valence-corrected chi connectivity index (χ3v) is 7.35. The summed E-state index contributed by atoms with van der Waals surface area (Å²) < 4.78 is 0. The third-order valence-electron chi connectivity index (χ3n) is 7.35. The van der Waals surface area contributed by atoms with Gasteiger partial charge in [0, 0.05) is 6.42 Å². The Labute approximate surface area is 129 Å². The molecule has 120 valence electrons. The lowest BCUT2D eigenvalue weighted by Gasteiger charge is -2.59. The number of carbonyl (C=O) groups excluding carboxylic acids is 1. The first-order valence-corrected chi connectivity index (χ1v) is 9.12. The summed E-state index contributed by atoms with van der Waals surface area (Å²) in [6, 6.07) is 0. The zero-order valence-electron chi connectivity index (χ0n) is 14.1. The van der Waals surface area contributed by atoms with Crippen molar-refractivity contribution in [2.24, 2.45) is 41.4 Å². The summed E-state index contributed by atoms with van der Waals surface area (Å²) in [5.74, 6) is 3.09. The van der Waals surface area contributed by atoms with E-state index in [1.165, 1.54) is 12.8 Å². The van der Waals surface area contributed by atoms with Gasteiger partial charge < -0.3 is 5.11 Å². The van der Waals surface area contributed by atoms with Crippen molar-refractivity contribution in [1.29, 1.82) is 0 Å². The Balaban J connectivity index is 2.08. The van der Waals surface area contributed by atoms with Gasteiger partial charge in [0.2, 0.25) is 0 Å².